The number of benzene rings is 1. The van der Waals surface area contributed by atoms with Crippen molar-refractivity contribution in [2.75, 3.05) is 11.9 Å². The number of amides is 1. The van der Waals surface area contributed by atoms with E-state index in [1.54, 1.807) is 0 Å². The molecule has 0 unspecified atom stereocenters. The molecule has 1 heterocycles. The number of carbonyl (C=O) groups is 2. The number of rotatable bonds is 0. The molecule has 0 radical (unpaired) electrons. The molecule has 0 saturated heterocycles. The van der Waals surface area contributed by atoms with Crippen molar-refractivity contribution in [1.82, 2.24) is 0 Å². The molecule has 0 saturated carbocycles. The molecule has 0 aliphatic carbocycles. The molecule has 66 valence electrons. The molecule has 1 aliphatic heterocycles. The average Bonchev–Trinajstić information content (AvgIpc) is 2.39. The van der Waals surface area contributed by atoms with Crippen LogP contribution in [0.1, 0.15) is 14.5 Å². The summed E-state index contributed by atoms with van der Waals surface area (Å²) in [6, 6.07) is 4.32. The molecule has 1 amide bonds. The summed E-state index contributed by atoms with van der Waals surface area (Å²) in [5, 5.41) is 0.0857. The van der Waals surface area contributed by atoms with E-state index in [0.29, 0.717) is 4.90 Å². The van der Waals surface area contributed by atoms with Crippen molar-refractivity contribution in [1.29, 1.82) is 0 Å². The van der Waals surface area contributed by atoms with Crippen molar-refractivity contribution in [3.8, 4) is 0 Å². The lowest BCUT2D eigenvalue weighted by Crippen LogP contribution is -2.24. The fourth-order valence-electron chi connectivity index (χ4n) is 1.24. The second kappa shape index (κ2) is 2.57. The summed E-state index contributed by atoms with van der Waals surface area (Å²) in [7, 11) is 0. The van der Waals surface area contributed by atoms with Crippen LogP contribution in [-0.4, -0.2) is 18.7 Å². The highest BCUT2D eigenvalue weighted by Crippen LogP contribution is 2.32. The first-order valence-corrected chi connectivity index (χ1v) is 3.89. The number of carbonyl (C=O) groups excluding carboxylic acids is 2. The Kier molecular flexibility index (Phi) is 1.07. The number of hydrogen-bond acceptors (Lipinski definition) is 2. The average molecular weight is 199 g/mol. The van der Waals surface area contributed by atoms with Crippen molar-refractivity contribution in [3.63, 3.8) is 0 Å². The summed E-state index contributed by atoms with van der Waals surface area (Å²) in [6.45, 7) is -2.68. The SMILES string of the molecule is [2H]C([2H])([2H])N1C(=O)C(=O)c2c(Cl)cccc21. The molecule has 2 rings (SSSR count). The van der Waals surface area contributed by atoms with Gasteiger partial charge in [-0.15, -0.1) is 0 Å². The molecule has 1 aromatic rings. The van der Waals surface area contributed by atoms with Gasteiger partial charge >= 0.3 is 0 Å². The van der Waals surface area contributed by atoms with Crippen molar-refractivity contribution in [2.45, 2.75) is 0 Å². The molecule has 13 heavy (non-hydrogen) atoms. The molecule has 0 aromatic heterocycles. The summed E-state index contributed by atoms with van der Waals surface area (Å²) in [5.41, 5.74) is 0.00721. The van der Waals surface area contributed by atoms with Crippen LogP contribution in [0.5, 0.6) is 0 Å². The Balaban J connectivity index is 2.68. The maximum absolute atomic E-state index is 11.5. The number of likely N-dealkylation sites (N-methyl/N-ethyl adjacent to an activating group) is 1. The molecule has 4 heteroatoms. The third-order valence-corrected chi connectivity index (χ3v) is 2.17. The van der Waals surface area contributed by atoms with Gasteiger partial charge in [-0.1, -0.05) is 17.7 Å². The molecule has 1 aromatic carbocycles. The van der Waals surface area contributed by atoms with Crippen LogP contribution in [0.15, 0.2) is 18.2 Å². The van der Waals surface area contributed by atoms with Gasteiger partial charge in [-0.05, 0) is 12.1 Å². The fraction of sp³-hybridized carbons (Fsp3) is 0.111. The monoisotopic (exact) mass is 198 g/mol. The molecule has 0 spiro atoms. The van der Waals surface area contributed by atoms with Crippen LogP contribution in [0.2, 0.25) is 5.02 Å². The molecule has 0 bridgehead atoms. The maximum atomic E-state index is 11.5. The van der Waals surface area contributed by atoms with Crippen LogP contribution < -0.4 is 4.90 Å². The van der Waals surface area contributed by atoms with Gasteiger partial charge in [0, 0.05) is 11.1 Å². The Morgan fingerprint density at radius 1 is 1.46 bits per heavy atom. The van der Waals surface area contributed by atoms with Crippen molar-refractivity contribution >= 4 is 29.0 Å². The number of Topliss-reactive ketones (excluding diaryl/α,β-unsaturated/α-hetero) is 1. The van der Waals surface area contributed by atoms with Gasteiger partial charge in [0.15, 0.2) is 0 Å². The Morgan fingerprint density at radius 3 is 2.92 bits per heavy atom. The van der Waals surface area contributed by atoms with Crippen LogP contribution >= 0.6 is 11.6 Å². The zero-order valence-corrected chi connectivity index (χ0v) is 7.13. The second-order valence-corrected chi connectivity index (χ2v) is 3.01. The lowest BCUT2D eigenvalue weighted by molar-refractivity contribution is -0.114. The number of halogens is 1. The van der Waals surface area contributed by atoms with Crippen LogP contribution in [0.4, 0.5) is 5.69 Å². The van der Waals surface area contributed by atoms with Gasteiger partial charge in [0.25, 0.3) is 11.7 Å². The predicted molar refractivity (Wildman–Crippen MR) is 49.2 cm³/mol. The number of hydrogen-bond donors (Lipinski definition) is 0. The van der Waals surface area contributed by atoms with E-state index < -0.39 is 18.7 Å². The van der Waals surface area contributed by atoms with E-state index >= 15 is 0 Å². The molecular formula is C9H6ClNO2. The van der Waals surface area contributed by atoms with Gasteiger partial charge in [0.1, 0.15) is 0 Å². The fourth-order valence-corrected chi connectivity index (χ4v) is 1.50. The number of fused-ring (bicyclic) bond motifs is 1. The van der Waals surface area contributed by atoms with Crippen LogP contribution in [-0.2, 0) is 4.79 Å². The maximum Gasteiger partial charge on any atom is 0.299 e. The largest absolute Gasteiger partial charge is 0.308 e. The van der Waals surface area contributed by atoms with E-state index in [1.807, 2.05) is 0 Å². The quantitative estimate of drug-likeness (QED) is 0.593. The highest BCUT2D eigenvalue weighted by molar-refractivity contribution is 6.55. The lowest BCUT2D eigenvalue weighted by atomic mass is 10.1. The Bertz CT molecular complexity index is 498. The van der Waals surface area contributed by atoms with Gasteiger partial charge < -0.3 is 4.90 Å². The molecule has 3 nitrogen and oxygen atoms in total. The molecule has 0 atom stereocenters. The van der Waals surface area contributed by atoms with Crippen LogP contribution in [0, 0.1) is 0 Å². The van der Waals surface area contributed by atoms with Crippen molar-refractivity contribution in [2.24, 2.45) is 0 Å². The Morgan fingerprint density at radius 2 is 2.23 bits per heavy atom. The topological polar surface area (TPSA) is 37.4 Å². The molecular weight excluding hydrogens is 190 g/mol. The van der Waals surface area contributed by atoms with E-state index in [2.05, 4.69) is 0 Å². The smallest absolute Gasteiger partial charge is 0.299 e. The molecule has 0 fully saturated rings. The van der Waals surface area contributed by atoms with Crippen LogP contribution in [0.3, 0.4) is 0 Å². The van der Waals surface area contributed by atoms with Gasteiger partial charge in [0.2, 0.25) is 0 Å². The highest BCUT2D eigenvalue weighted by Gasteiger charge is 2.34. The first-order valence-electron chi connectivity index (χ1n) is 5.01. The van der Waals surface area contributed by atoms with Crippen LogP contribution in [0.25, 0.3) is 0 Å². The number of anilines is 1. The van der Waals surface area contributed by atoms with Gasteiger partial charge in [-0.25, -0.2) is 0 Å². The first kappa shape index (κ1) is 5.40. The molecule has 0 N–H and O–H groups in total. The zero-order valence-electron chi connectivity index (χ0n) is 9.37. The van der Waals surface area contributed by atoms with E-state index in [0.717, 1.165) is 0 Å². The third kappa shape index (κ3) is 0.971. The van der Waals surface area contributed by atoms with Crippen molar-refractivity contribution < 1.29 is 13.7 Å². The van der Waals surface area contributed by atoms with Gasteiger partial charge in [-0.3, -0.25) is 9.59 Å². The van der Waals surface area contributed by atoms with Gasteiger partial charge in [-0.2, -0.15) is 0 Å². The minimum absolute atomic E-state index is 0.0368. The van der Waals surface area contributed by atoms with E-state index in [9.17, 15) is 9.59 Å². The summed E-state index contributed by atoms with van der Waals surface area (Å²) >= 11 is 5.76. The van der Waals surface area contributed by atoms with Gasteiger partial charge in [0.05, 0.1) is 16.3 Å². The standard InChI is InChI=1S/C9H6ClNO2/c1-11-6-4-2-3-5(10)7(6)8(12)9(11)13/h2-4H,1H3/i1D3. The third-order valence-electron chi connectivity index (χ3n) is 1.86. The lowest BCUT2D eigenvalue weighted by Gasteiger charge is -2.07. The minimum atomic E-state index is -2.68. The summed E-state index contributed by atoms with van der Waals surface area (Å²) in [6.07, 6.45) is 0. The Hall–Kier alpha value is -1.35. The van der Waals surface area contributed by atoms with E-state index in [1.165, 1.54) is 18.2 Å². The second-order valence-electron chi connectivity index (χ2n) is 2.60. The predicted octanol–water partition coefficient (Wildman–Crippen LogP) is 1.50. The molecule has 1 aliphatic rings. The number of ketones is 1. The summed E-state index contributed by atoms with van der Waals surface area (Å²) in [5.74, 6) is -1.94. The number of nitrogens with zero attached hydrogens (tertiary/aromatic N) is 1. The minimum Gasteiger partial charge on any atom is -0.308 e. The van der Waals surface area contributed by atoms with E-state index in [-0.39, 0.29) is 16.3 Å². The van der Waals surface area contributed by atoms with E-state index in [4.69, 9.17) is 15.7 Å². The highest BCUT2D eigenvalue weighted by atomic mass is 35.5. The summed E-state index contributed by atoms with van der Waals surface area (Å²) in [4.78, 5) is 23.6. The summed E-state index contributed by atoms with van der Waals surface area (Å²) < 4.78 is 21.6. The Labute approximate surface area is 84.1 Å². The first-order chi connectivity index (χ1) is 7.34. The zero-order chi connectivity index (χ0) is 12.1. The normalized spacial score (nSPS) is 19.5. The van der Waals surface area contributed by atoms with Crippen molar-refractivity contribution in [3.05, 3.63) is 28.8 Å².